The minimum atomic E-state index is -0.0991. The fourth-order valence-electron chi connectivity index (χ4n) is 2.88. The number of carbonyl (C=O) groups is 1. The SMILES string of the molecule is C[C@H](NC(=O)c1cn(C2CNC2)nn1)C1CCCC1. The second-order valence-corrected chi connectivity index (χ2v) is 5.70. The minimum Gasteiger partial charge on any atom is -0.348 e. The number of aromatic nitrogens is 3. The fraction of sp³-hybridized carbons (Fsp3) is 0.769. The van der Waals surface area contributed by atoms with Gasteiger partial charge in [0.1, 0.15) is 0 Å². The highest BCUT2D eigenvalue weighted by molar-refractivity contribution is 5.92. The van der Waals surface area contributed by atoms with Crippen LogP contribution in [0, 0.1) is 5.92 Å². The van der Waals surface area contributed by atoms with Crippen molar-refractivity contribution in [1.82, 2.24) is 25.6 Å². The third-order valence-corrected chi connectivity index (χ3v) is 4.34. The van der Waals surface area contributed by atoms with E-state index in [1.165, 1.54) is 25.7 Å². The monoisotopic (exact) mass is 263 g/mol. The molecule has 1 aromatic heterocycles. The molecular formula is C13H21N5O. The van der Waals surface area contributed by atoms with Gasteiger partial charge < -0.3 is 10.6 Å². The summed E-state index contributed by atoms with van der Waals surface area (Å²) in [5, 5.41) is 14.2. The average molecular weight is 263 g/mol. The summed E-state index contributed by atoms with van der Waals surface area (Å²) in [6.45, 7) is 3.90. The van der Waals surface area contributed by atoms with Crippen molar-refractivity contribution >= 4 is 5.91 Å². The molecule has 1 saturated carbocycles. The molecule has 1 aromatic rings. The van der Waals surface area contributed by atoms with Gasteiger partial charge in [-0.3, -0.25) is 4.79 Å². The molecule has 1 saturated heterocycles. The predicted octanol–water partition coefficient (Wildman–Crippen LogP) is 0.731. The van der Waals surface area contributed by atoms with Crippen molar-refractivity contribution in [2.75, 3.05) is 13.1 Å². The summed E-state index contributed by atoms with van der Waals surface area (Å²) < 4.78 is 1.78. The molecule has 0 radical (unpaired) electrons. The lowest BCUT2D eigenvalue weighted by Crippen LogP contribution is -2.43. The number of hydrogen-bond donors (Lipinski definition) is 2. The first kappa shape index (κ1) is 12.6. The van der Waals surface area contributed by atoms with E-state index in [-0.39, 0.29) is 11.9 Å². The molecule has 1 aliphatic carbocycles. The smallest absolute Gasteiger partial charge is 0.273 e. The molecule has 6 nitrogen and oxygen atoms in total. The molecule has 2 fully saturated rings. The Labute approximate surface area is 112 Å². The number of nitrogens with one attached hydrogen (secondary N) is 2. The summed E-state index contributed by atoms with van der Waals surface area (Å²) >= 11 is 0. The summed E-state index contributed by atoms with van der Waals surface area (Å²) in [5.41, 5.74) is 0.428. The first-order valence-electron chi connectivity index (χ1n) is 7.17. The molecule has 19 heavy (non-hydrogen) atoms. The van der Waals surface area contributed by atoms with Crippen LogP contribution < -0.4 is 10.6 Å². The molecule has 6 heteroatoms. The molecule has 1 amide bonds. The van der Waals surface area contributed by atoms with Crippen LogP contribution in [-0.2, 0) is 0 Å². The van der Waals surface area contributed by atoms with Crippen LogP contribution in [0.15, 0.2) is 6.20 Å². The van der Waals surface area contributed by atoms with Crippen LogP contribution in [0.5, 0.6) is 0 Å². The minimum absolute atomic E-state index is 0.0991. The molecule has 2 heterocycles. The fourth-order valence-corrected chi connectivity index (χ4v) is 2.88. The highest BCUT2D eigenvalue weighted by Gasteiger charge is 2.25. The Morgan fingerprint density at radius 2 is 2.21 bits per heavy atom. The lowest BCUT2D eigenvalue weighted by atomic mass is 10.00. The highest BCUT2D eigenvalue weighted by atomic mass is 16.2. The molecule has 0 aromatic carbocycles. The Balaban J connectivity index is 1.58. The molecule has 0 bridgehead atoms. The summed E-state index contributed by atoms with van der Waals surface area (Å²) in [4.78, 5) is 12.1. The maximum Gasteiger partial charge on any atom is 0.273 e. The van der Waals surface area contributed by atoms with Crippen molar-refractivity contribution < 1.29 is 4.79 Å². The standard InChI is InChI=1S/C13H21N5O/c1-9(10-4-2-3-5-10)15-13(19)12-8-18(17-16-12)11-6-14-7-11/h8-11,14H,2-7H2,1H3,(H,15,19)/t9-/m0/s1. The van der Waals surface area contributed by atoms with Gasteiger partial charge >= 0.3 is 0 Å². The van der Waals surface area contributed by atoms with Gasteiger partial charge in [-0.1, -0.05) is 18.1 Å². The van der Waals surface area contributed by atoms with Crippen molar-refractivity contribution in [2.24, 2.45) is 5.92 Å². The molecule has 2 N–H and O–H groups in total. The third kappa shape index (κ3) is 2.63. The Kier molecular flexibility index (Phi) is 3.50. The maximum atomic E-state index is 12.1. The van der Waals surface area contributed by atoms with Crippen molar-refractivity contribution in [3.05, 3.63) is 11.9 Å². The van der Waals surface area contributed by atoms with E-state index in [1.807, 2.05) is 0 Å². The topological polar surface area (TPSA) is 71.8 Å². The lowest BCUT2D eigenvalue weighted by molar-refractivity contribution is 0.0922. The average Bonchev–Trinajstić information content (AvgIpc) is 2.97. The van der Waals surface area contributed by atoms with Crippen molar-refractivity contribution in [2.45, 2.75) is 44.7 Å². The van der Waals surface area contributed by atoms with E-state index in [0.29, 0.717) is 17.7 Å². The molecule has 104 valence electrons. The Bertz CT molecular complexity index is 448. The zero-order valence-corrected chi connectivity index (χ0v) is 11.3. The first-order valence-corrected chi connectivity index (χ1v) is 7.17. The molecule has 1 aliphatic heterocycles. The summed E-state index contributed by atoms with van der Waals surface area (Å²) in [6, 6.07) is 0.576. The van der Waals surface area contributed by atoms with Crippen LogP contribution in [0.3, 0.4) is 0 Å². The van der Waals surface area contributed by atoms with E-state index in [2.05, 4.69) is 27.9 Å². The predicted molar refractivity (Wildman–Crippen MR) is 70.8 cm³/mol. The summed E-state index contributed by atoms with van der Waals surface area (Å²) in [7, 11) is 0. The summed E-state index contributed by atoms with van der Waals surface area (Å²) in [5.74, 6) is 0.521. The van der Waals surface area contributed by atoms with Gasteiger partial charge in [-0.05, 0) is 25.7 Å². The van der Waals surface area contributed by atoms with Crippen molar-refractivity contribution in [3.8, 4) is 0 Å². The zero-order chi connectivity index (χ0) is 13.2. The molecule has 0 spiro atoms. The largest absolute Gasteiger partial charge is 0.348 e. The molecule has 1 atom stereocenters. The quantitative estimate of drug-likeness (QED) is 0.840. The van der Waals surface area contributed by atoms with Crippen LogP contribution >= 0.6 is 0 Å². The van der Waals surface area contributed by atoms with Crippen LogP contribution in [0.2, 0.25) is 0 Å². The number of amides is 1. The maximum absolute atomic E-state index is 12.1. The molecule has 2 aliphatic rings. The molecular weight excluding hydrogens is 242 g/mol. The molecule has 0 unspecified atom stereocenters. The van der Waals surface area contributed by atoms with Gasteiger partial charge in [0.2, 0.25) is 0 Å². The Morgan fingerprint density at radius 3 is 2.84 bits per heavy atom. The van der Waals surface area contributed by atoms with Gasteiger partial charge in [-0.15, -0.1) is 5.10 Å². The highest BCUT2D eigenvalue weighted by Crippen LogP contribution is 2.27. The van der Waals surface area contributed by atoms with E-state index in [4.69, 9.17) is 0 Å². The Hall–Kier alpha value is -1.43. The van der Waals surface area contributed by atoms with Crippen LogP contribution in [0.1, 0.15) is 49.1 Å². The van der Waals surface area contributed by atoms with Gasteiger partial charge in [0.25, 0.3) is 5.91 Å². The number of nitrogens with zero attached hydrogens (tertiary/aromatic N) is 3. The van der Waals surface area contributed by atoms with E-state index >= 15 is 0 Å². The van der Waals surface area contributed by atoms with Gasteiger partial charge in [-0.25, -0.2) is 4.68 Å². The lowest BCUT2D eigenvalue weighted by Gasteiger charge is -2.26. The van der Waals surface area contributed by atoms with Gasteiger partial charge in [0.15, 0.2) is 5.69 Å². The number of rotatable bonds is 4. The van der Waals surface area contributed by atoms with Crippen molar-refractivity contribution in [1.29, 1.82) is 0 Å². The van der Waals surface area contributed by atoms with Crippen LogP contribution in [0.25, 0.3) is 0 Å². The second-order valence-electron chi connectivity index (χ2n) is 5.70. The second kappa shape index (κ2) is 5.28. The summed E-state index contributed by atoms with van der Waals surface area (Å²) in [6.07, 6.45) is 6.78. The van der Waals surface area contributed by atoms with Crippen LogP contribution in [-0.4, -0.2) is 40.0 Å². The number of carbonyl (C=O) groups excluding carboxylic acids is 1. The van der Waals surface area contributed by atoms with Crippen LogP contribution in [0.4, 0.5) is 0 Å². The Morgan fingerprint density at radius 1 is 1.47 bits per heavy atom. The van der Waals surface area contributed by atoms with Gasteiger partial charge in [0.05, 0.1) is 12.2 Å². The van der Waals surface area contributed by atoms with E-state index < -0.39 is 0 Å². The zero-order valence-electron chi connectivity index (χ0n) is 11.3. The van der Waals surface area contributed by atoms with E-state index in [0.717, 1.165) is 13.1 Å². The van der Waals surface area contributed by atoms with E-state index in [9.17, 15) is 4.79 Å². The first-order chi connectivity index (χ1) is 9.24. The normalized spacial score (nSPS) is 22.2. The third-order valence-electron chi connectivity index (χ3n) is 4.34. The molecule has 3 rings (SSSR count). The van der Waals surface area contributed by atoms with Gasteiger partial charge in [-0.2, -0.15) is 0 Å². The number of hydrogen-bond acceptors (Lipinski definition) is 4. The van der Waals surface area contributed by atoms with Gasteiger partial charge in [0, 0.05) is 19.1 Å². The van der Waals surface area contributed by atoms with E-state index in [1.54, 1.807) is 10.9 Å². The van der Waals surface area contributed by atoms with Crippen molar-refractivity contribution in [3.63, 3.8) is 0 Å².